The van der Waals surface area contributed by atoms with Crippen LogP contribution in [0.2, 0.25) is 0 Å². The smallest absolute Gasteiger partial charge is 0.162 e. The van der Waals surface area contributed by atoms with Crippen molar-refractivity contribution in [2.75, 3.05) is 0 Å². The van der Waals surface area contributed by atoms with E-state index in [1.807, 2.05) is 12.1 Å². The second-order valence-electron chi connectivity index (χ2n) is 2.39. The van der Waals surface area contributed by atoms with Gasteiger partial charge in [0, 0.05) is 10.8 Å². The first-order valence-corrected chi connectivity index (χ1v) is 7.78. The Labute approximate surface area is 107 Å². The summed E-state index contributed by atoms with van der Waals surface area (Å²) < 4.78 is 1.63. The molecule has 0 atom stereocenters. The number of hydrogen-bond acceptors (Lipinski definition) is 8. The Bertz CT molecular complexity index is 521. The number of rotatable bonds is 3. The van der Waals surface area contributed by atoms with Gasteiger partial charge < -0.3 is 0 Å². The number of aromatic nitrogens is 2. The van der Waals surface area contributed by atoms with Gasteiger partial charge in [0.1, 0.15) is 12.1 Å². The van der Waals surface area contributed by atoms with E-state index in [4.69, 9.17) is 10.5 Å². The van der Waals surface area contributed by atoms with E-state index < -0.39 is 0 Å². The summed E-state index contributed by atoms with van der Waals surface area (Å²) in [4.78, 5) is 8.16. The molecule has 0 spiro atoms. The first-order valence-electron chi connectivity index (χ1n) is 3.87. The minimum atomic E-state index is 0.435. The highest BCUT2D eigenvalue weighted by molar-refractivity contribution is 8.77. The molecule has 0 radical (unpaired) electrons. The Morgan fingerprint density at radius 2 is 1.38 bits per heavy atom. The molecule has 8 heteroatoms. The summed E-state index contributed by atoms with van der Waals surface area (Å²) in [5, 5.41) is 20.6. The summed E-state index contributed by atoms with van der Waals surface area (Å²) >= 11 is 2.85. The largest absolute Gasteiger partial charge is 0.218 e. The second-order valence-corrected chi connectivity index (χ2v) is 6.73. The Morgan fingerprint density at radius 1 is 0.938 bits per heavy atom. The van der Waals surface area contributed by atoms with E-state index in [1.165, 1.54) is 44.3 Å². The Hall–Kier alpha value is -1.06. The molecule has 2 aromatic heterocycles. The normalized spacial score (nSPS) is 9.62. The minimum absolute atomic E-state index is 0.435. The molecule has 0 saturated carbocycles. The first-order chi connectivity index (χ1) is 7.81. The topological polar surface area (TPSA) is 73.4 Å². The van der Waals surface area contributed by atoms with E-state index in [0.29, 0.717) is 11.4 Å². The standard InChI is InChI=1S/C8H2N4S4/c9-1-5-3-13-7(11-5)15-16-8-12-6(2-10)4-14-8/h3-4H. The third kappa shape index (κ3) is 2.74. The Morgan fingerprint density at radius 3 is 1.69 bits per heavy atom. The molecule has 2 aromatic rings. The van der Waals surface area contributed by atoms with Crippen LogP contribution in [-0.4, -0.2) is 9.97 Å². The van der Waals surface area contributed by atoms with Crippen LogP contribution in [0, 0.1) is 22.7 Å². The van der Waals surface area contributed by atoms with Crippen molar-refractivity contribution in [3.05, 3.63) is 22.1 Å². The molecule has 0 fully saturated rings. The van der Waals surface area contributed by atoms with Gasteiger partial charge in [-0.05, 0) is 21.6 Å². The maximum absolute atomic E-state index is 8.60. The highest BCUT2D eigenvalue weighted by atomic mass is 33.1. The fraction of sp³-hybridized carbons (Fsp3) is 0. The zero-order valence-corrected chi connectivity index (χ0v) is 10.8. The molecule has 2 heterocycles. The average molecular weight is 282 g/mol. The van der Waals surface area contributed by atoms with E-state index in [-0.39, 0.29) is 0 Å². The lowest BCUT2D eigenvalue weighted by atomic mass is 10.6. The number of thiazole rings is 2. The summed E-state index contributed by atoms with van der Waals surface area (Å²) in [6.07, 6.45) is 0. The zero-order chi connectivity index (χ0) is 11.4. The Balaban J connectivity index is 1.97. The van der Waals surface area contributed by atoms with Gasteiger partial charge in [0.05, 0.1) is 0 Å². The van der Waals surface area contributed by atoms with Gasteiger partial charge in [0.25, 0.3) is 0 Å². The number of nitrogens with zero attached hydrogens (tertiary/aromatic N) is 4. The predicted octanol–water partition coefficient (Wildman–Crippen LogP) is 3.14. The molecular weight excluding hydrogens is 280 g/mol. The lowest BCUT2D eigenvalue weighted by molar-refractivity contribution is 1.21. The van der Waals surface area contributed by atoms with Gasteiger partial charge in [-0.25, -0.2) is 9.97 Å². The van der Waals surface area contributed by atoms with Crippen molar-refractivity contribution in [1.82, 2.24) is 9.97 Å². The highest BCUT2D eigenvalue weighted by Crippen LogP contribution is 2.39. The molecule has 0 aliphatic rings. The summed E-state index contributed by atoms with van der Waals surface area (Å²) in [6.45, 7) is 0. The predicted molar refractivity (Wildman–Crippen MR) is 65.4 cm³/mol. The molecule has 2 rings (SSSR count). The summed E-state index contributed by atoms with van der Waals surface area (Å²) in [5.74, 6) is 0. The minimum Gasteiger partial charge on any atom is -0.218 e. The van der Waals surface area contributed by atoms with Crippen molar-refractivity contribution in [3.63, 3.8) is 0 Å². The average Bonchev–Trinajstić information content (AvgIpc) is 2.95. The van der Waals surface area contributed by atoms with Crippen LogP contribution in [0.4, 0.5) is 0 Å². The van der Waals surface area contributed by atoms with Crippen molar-refractivity contribution >= 4 is 44.3 Å². The maximum Gasteiger partial charge on any atom is 0.162 e. The highest BCUT2D eigenvalue weighted by Gasteiger charge is 2.06. The summed E-state index contributed by atoms with van der Waals surface area (Å²) in [5.41, 5.74) is 0.870. The van der Waals surface area contributed by atoms with Crippen LogP contribution in [0.1, 0.15) is 11.4 Å². The van der Waals surface area contributed by atoms with Gasteiger partial charge >= 0.3 is 0 Å². The van der Waals surface area contributed by atoms with Crippen LogP contribution in [-0.2, 0) is 0 Å². The zero-order valence-electron chi connectivity index (χ0n) is 7.58. The second kappa shape index (κ2) is 5.32. The third-order valence-electron chi connectivity index (χ3n) is 1.38. The van der Waals surface area contributed by atoms with Crippen LogP contribution in [0.15, 0.2) is 19.4 Å². The van der Waals surface area contributed by atoms with Gasteiger partial charge in [-0.15, -0.1) is 22.7 Å². The Kier molecular flexibility index (Phi) is 3.80. The van der Waals surface area contributed by atoms with Crippen molar-refractivity contribution in [3.8, 4) is 12.1 Å². The van der Waals surface area contributed by atoms with Crippen molar-refractivity contribution < 1.29 is 0 Å². The van der Waals surface area contributed by atoms with Crippen LogP contribution < -0.4 is 0 Å². The monoisotopic (exact) mass is 282 g/mol. The maximum atomic E-state index is 8.60. The molecule has 0 aromatic carbocycles. The number of nitriles is 2. The number of hydrogen-bond donors (Lipinski definition) is 0. The van der Waals surface area contributed by atoms with Gasteiger partial charge in [-0.3, -0.25) is 0 Å². The van der Waals surface area contributed by atoms with E-state index >= 15 is 0 Å². The molecule has 0 saturated heterocycles. The van der Waals surface area contributed by atoms with E-state index in [2.05, 4.69) is 9.97 Å². The van der Waals surface area contributed by atoms with Crippen molar-refractivity contribution in [1.29, 1.82) is 10.5 Å². The molecular formula is C8H2N4S4. The lowest BCUT2D eigenvalue weighted by Gasteiger charge is -1.90. The quantitative estimate of drug-likeness (QED) is 0.805. The van der Waals surface area contributed by atoms with Gasteiger partial charge in [-0.1, -0.05) is 0 Å². The molecule has 0 unspecified atom stereocenters. The van der Waals surface area contributed by atoms with E-state index in [0.717, 1.165) is 8.68 Å². The van der Waals surface area contributed by atoms with Gasteiger partial charge in [-0.2, -0.15) is 10.5 Å². The van der Waals surface area contributed by atoms with E-state index in [1.54, 1.807) is 10.8 Å². The van der Waals surface area contributed by atoms with Crippen LogP contribution in [0.25, 0.3) is 0 Å². The molecule has 0 bridgehead atoms. The van der Waals surface area contributed by atoms with Crippen LogP contribution in [0.5, 0.6) is 0 Å². The summed E-state index contributed by atoms with van der Waals surface area (Å²) in [7, 11) is 2.89. The molecule has 78 valence electrons. The summed E-state index contributed by atoms with van der Waals surface area (Å²) in [6, 6.07) is 3.96. The van der Waals surface area contributed by atoms with E-state index in [9.17, 15) is 0 Å². The van der Waals surface area contributed by atoms with Gasteiger partial charge in [0.15, 0.2) is 20.1 Å². The fourth-order valence-electron chi connectivity index (χ4n) is 0.765. The molecule has 0 amide bonds. The van der Waals surface area contributed by atoms with Crippen LogP contribution in [0.3, 0.4) is 0 Å². The SMILES string of the molecule is N#Cc1csc(SSc2nc(C#N)cs2)n1. The third-order valence-corrected chi connectivity index (χ3v) is 6.11. The van der Waals surface area contributed by atoms with Crippen molar-refractivity contribution in [2.45, 2.75) is 8.68 Å². The molecule has 0 aliphatic carbocycles. The lowest BCUT2D eigenvalue weighted by Crippen LogP contribution is -1.72. The fourth-order valence-corrected chi connectivity index (χ4v) is 4.69. The van der Waals surface area contributed by atoms with Gasteiger partial charge in [0.2, 0.25) is 0 Å². The van der Waals surface area contributed by atoms with Crippen LogP contribution >= 0.6 is 44.3 Å². The first kappa shape index (κ1) is 11.4. The molecule has 16 heavy (non-hydrogen) atoms. The molecule has 0 aliphatic heterocycles. The molecule has 0 N–H and O–H groups in total. The molecule has 4 nitrogen and oxygen atoms in total. The van der Waals surface area contributed by atoms with Crippen molar-refractivity contribution in [2.24, 2.45) is 0 Å².